The molecule has 0 aliphatic carbocycles. The predicted octanol–water partition coefficient (Wildman–Crippen LogP) is 3.77. The molecule has 0 spiro atoms. The van der Waals surface area contributed by atoms with E-state index in [1.165, 1.54) is 30.3 Å². The van der Waals surface area contributed by atoms with Crippen molar-refractivity contribution in [2.45, 2.75) is 5.88 Å². The number of alkyl halides is 1. The summed E-state index contributed by atoms with van der Waals surface area (Å²) in [5, 5.41) is 0. The van der Waals surface area contributed by atoms with Gasteiger partial charge >= 0.3 is 0 Å². The summed E-state index contributed by atoms with van der Waals surface area (Å²) < 4.78 is 26.5. The predicted molar refractivity (Wildman–Crippen MR) is 59.1 cm³/mol. The molecule has 0 aliphatic heterocycles. The van der Waals surface area contributed by atoms with Gasteiger partial charge in [0.2, 0.25) is 0 Å². The Bertz CT molecular complexity index is 514. The molecule has 1 aromatic carbocycles. The second kappa shape index (κ2) is 4.58. The number of halogens is 3. The van der Waals surface area contributed by atoms with Crippen LogP contribution in [0.4, 0.5) is 8.78 Å². The van der Waals surface area contributed by atoms with E-state index in [9.17, 15) is 8.78 Å². The highest BCUT2D eigenvalue weighted by Crippen LogP contribution is 2.22. The van der Waals surface area contributed by atoms with Gasteiger partial charge in [0.25, 0.3) is 0 Å². The molecule has 2 aromatic rings. The van der Waals surface area contributed by atoms with Gasteiger partial charge in [0.15, 0.2) is 0 Å². The first kappa shape index (κ1) is 11.0. The summed E-state index contributed by atoms with van der Waals surface area (Å²) in [5.74, 6) is -0.711. The van der Waals surface area contributed by atoms with Gasteiger partial charge in [-0.25, -0.2) is 13.8 Å². The van der Waals surface area contributed by atoms with E-state index in [0.29, 0.717) is 11.3 Å². The Morgan fingerprint density at radius 2 is 1.94 bits per heavy atom. The average Bonchev–Trinajstić information content (AvgIpc) is 2.30. The fraction of sp³-hybridized carbons (Fsp3) is 0.0833. The maximum Gasteiger partial charge on any atom is 0.149 e. The van der Waals surface area contributed by atoms with Crippen molar-refractivity contribution in [2.24, 2.45) is 0 Å². The van der Waals surface area contributed by atoms with Gasteiger partial charge in [-0.05, 0) is 24.3 Å². The number of nitrogens with zero attached hydrogens (tertiary/aromatic N) is 1. The molecule has 0 radical (unpaired) electrons. The zero-order valence-electron chi connectivity index (χ0n) is 8.25. The van der Waals surface area contributed by atoms with Crippen molar-refractivity contribution in [3.8, 4) is 11.3 Å². The first-order valence-corrected chi connectivity index (χ1v) is 5.21. The van der Waals surface area contributed by atoms with Crippen LogP contribution < -0.4 is 0 Å². The molecule has 4 heteroatoms. The fourth-order valence-corrected chi connectivity index (χ4v) is 1.54. The van der Waals surface area contributed by atoms with Crippen LogP contribution in [-0.2, 0) is 5.88 Å². The topological polar surface area (TPSA) is 12.9 Å². The molecule has 1 heterocycles. The van der Waals surface area contributed by atoms with Gasteiger partial charge in [-0.2, -0.15) is 0 Å². The van der Waals surface area contributed by atoms with E-state index in [4.69, 9.17) is 11.6 Å². The monoisotopic (exact) mass is 239 g/mol. The minimum absolute atomic E-state index is 0.123. The molecule has 0 aliphatic rings. The van der Waals surface area contributed by atoms with Crippen molar-refractivity contribution < 1.29 is 8.78 Å². The number of pyridine rings is 1. The maximum atomic E-state index is 13.5. The SMILES string of the molecule is Fc1cccc(-c2nc(CCl)ccc2F)c1. The third kappa shape index (κ3) is 2.19. The number of rotatable bonds is 2. The lowest BCUT2D eigenvalue weighted by molar-refractivity contribution is 0.620. The zero-order chi connectivity index (χ0) is 11.5. The molecule has 0 N–H and O–H groups in total. The van der Waals surface area contributed by atoms with Crippen LogP contribution in [0.1, 0.15) is 5.69 Å². The van der Waals surface area contributed by atoms with Crippen LogP contribution >= 0.6 is 11.6 Å². The molecule has 0 atom stereocenters. The van der Waals surface area contributed by atoms with E-state index < -0.39 is 11.6 Å². The normalized spacial score (nSPS) is 10.4. The van der Waals surface area contributed by atoms with E-state index in [0.717, 1.165) is 0 Å². The van der Waals surface area contributed by atoms with Gasteiger partial charge in [0.05, 0.1) is 11.6 Å². The molecule has 2 rings (SSSR count). The lowest BCUT2D eigenvalue weighted by Crippen LogP contribution is -1.94. The van der Waals surface area contributed by atoms with Crippen molar-refractivity contribution >= 4 is 11.6 Å². The zero-order valence-corrected chi connectivity index (χ0v) is 9.01. The molecule has 0 amide bonds. The number of hydrogen-bond acceptors (Lipinski definition) is 1. The quantitative estimate of drug-likeness (QED) is 0.727. The van der Waals surface area contributed by atoms with Gasteiger partial charge in [-0.15, -0.1) is 11.6 Å². The van der Waals surface area contributed by atoms with E-state index >= 15 is 0 Å². The Kier molecular flexibility index (Phi) is 3.15. The second-order valence-corrected chi connectivity index (χ2v) is 3.54. The van der Waals surface area contributed by atoms with Crippen LogP contribution in [0.25, 0.3) is 11.3 Å². The second-order valence-electron chi connectivity index (χ2n) is 3.28. The molecule has 1 nitrogen and oxygen atoms in total. The Morgan fingerprint density at radius 3 is 2.62 bits per heavy atom. The molecule has 0 unspecified atom stereocenters. The molecular weight excluding hydrogens is 232 g/mol. The Hall–Kier alpha value is -1.48. The third-order valence-corrected chi connectivity index (χ3v) is 2.41. The van der Waals surface area contributed by atoms with E-state index in [-0.39, 0.29) is 11.6 Å². The van der Waals surface area contributed by atoms with E-state index in [2.05, 4.69) is 4.98 Å². The van der Waals surface area contributed by atoms with Crippen molar-refractivity contribution in [2.75, 3.05) is 0 Å². The minimum Gasteiger partial charge on any atom is -0.248 e. The Balaban J connectivity index is 2.54. The number of benzene rings is 1. The lowest BCUT2D eigenvalue weighted by Gasteiger charge is -2.04. The maximum absolute atomic E-state index is 13.5. The van der Waals surface area contributed by atoms with Gasteiger partial charge < -0.3 is 0 Å². The average molecular weight is 240 g/mol. The highest BCUT2D eigenvalue weighted by molar-refractivity contribution is 6.16. The fourth-order valence-electron chi connectivity index (χ4n) is 1.40. The molecule has 0 saturated carbocycles. The molecule has 16 heavy (non-hydrogen) atoms. The number of hydrogen-bond donors (Lipinski definition) is 0. The van der Waals surface area contributed by atoms with E-state index in [1.54, 1.807) is 6.07 Å². The van der Waals surface area contributed by atoms with Crippen molar-refractivity contribution in [1.29, 1.82) is 0 Å². The number of aromatic nitrogens is 1. The Labute approximate surface area is 96.7 Å². The summed E-state index contributed by atoms with van der Waals surface area (Å²) in [6, 6.07) is 8.44. The van der Waals surface area contributed by atoms with Crippen molar-refractivity contribution in [3.63, 3.8) is 0 Å². The first-order chi connectivity index (χ1) is 7.70. The summed E-state index contributed by atoms with van der Waals surface area (Å²) in [4.78, 5) is 4.03. The molecule has 0 bridgehead atoms. The van der Waals surface area contributed by atoms with Gasteiger partial charge in [0, 0.05) is 5.56 Å². The van der Waals surface area contributed by atoms with Crippen LogP contribution in [0.15, 0.2) is 36.4 Å². The summed E-state index contributed by atoms with van der Waals surface area (Å²) in [6.45, 7) is 0. The highest BCUT2D eigenvalue weighted by Gasteiger charge is 2.08. The molecule has 1 aromatic heterocycles. The molecular formula is C12H8ClF2N. The van der Waals surface area contributed by atoms with Gasteiger partial charge in [-0.3, -0.25) is 0 Å². The Morgan fingerprint density at radius 1 is 1.12 bits per heavy atom. The lowest BCUT2D eigenvalue weighted by atomic mass is 10.1. The van der Waals surface area contributed by atoms with Crippen molar-refractivity contribution in [1.82, 2.24) is 4.98 Å². The summed E-state index contributed by atoms with van der Waals surface area (Å²) >= 11 is 5.61. The van der Waals surface area contributed by atoms with Gasteiger partial charge in [-0.1, -0.05) is 12.1 Å². The molecule has 0 fully saturated rings. The molecule has 82 valence electrons. The largest absolute Gasteiger partial charge is 0.248 e. The summed E-state index contributed by atoms with van der Waals surface area (Å²) in [7, 11) is 0. The third-order valence-electron chi connectivity index (χ3n) is 2.14. The van der Waals surface area contributed by atoms with Crippen LogP contribution in [0.2, 0.25) is 0 Å². The standard InChI is InChI=1S/C12H8ClF2N/c13-7-10-4-5-11(15)12(16-10)8-2-1-3-9(14)6-8/h1-6H,7H2. The van der Waals surface area contributed by atoms with Crippen molar-refractivity contribution in [3.05, 3.63) is 53.7 Å². The summed E-state index contributed by atoms with van der Waals surface area (Å²) in [6.07, 6.45) is 0. The smallest absolute Gasteiger partial charge is 0.149 e. The first-order valence-electron chi connectivity index (χ1n) is 4.68. The van der Waals surface area contributed by atoms with Crippen LogP contribution in [0.3, 0.4) is 0 Å². The van der Waals surface area contributed by atoms with Crippen LogP contribution in [0, 0.1) is 11.6 Å². The molecule has 0 saturated heterocycles. The van der Waals surface area contributed by atoms with Gasteiger partial charge in [0.1, 0.15) is 17.3 Å². The minimum atomic E-state index is -0.487. The summed E-state index contributed by atoms with van der Waals surface area (Å²) in [5.41, 5.74) is 1.09. The van der Waals surface area contributed by atoms with E-state index in [1.807, 2.05) is 0 Å². The van der Waals surface area contributed by atoms with Crippen LogP contribution in [0.5, 0.6) is 0 Å². The van der Waals surface area contributed by atoms with Crippen LogP contribution in [-0.4, -0.2) is 4.98 Å². The highest BCUT2D eigenvalue weighted by atomic mass is 35.5.